The minimum absolute atomic E-state index is 0.173. The van der Waals surface area contributed by atoms with Crippen molar-refractivity contribution in [2.75, 3.05) is 32.1 Å². The van der Waals surface area contributed by atoms with Gasteiger partial charge >= 0.3 is 0 Å². The number of benzene rings is 1. The van der Waals surface area contributed by atoms with Gasteiger partial charge in [-0.1, -0.05) is 0 Å². The number of anilines is 2. The number of pyridine rings is 1. The smallest absolute Gasteiger partial charge is 0.261 e. The van der Waals surface area contributed by atoms with Gasteiger partial charge in [-0.2, -0.15) is 9.40 Å². The Morgan fingerprint density at radius 2 is 1.89 bits per heavy atom. The Morgan fingerprint density at radius 3 is 2.49 bits per heavy atom. The monoisotopic (exact) mass is 498 g/mol. The van der Waals surface area contributed by atoms with E-state index in [1.54, 1.807) is 36.1 Å². The highest BCUT2D eigenvalue weighted by Gasteiger charge is 2.40. The van der Waals surface area contributed by atoms with E-state index in [-0.39, 0.29) is 17.0 Å². The van der Waals surface area contributed by atoms with Crippen molar-refractivity contribution in [3.05, 3.63) is 58.3 Å². The molecule has 2 aromatic heterocycles. The molecule has 3 aromatic rings. The van der Waals surface area contributed by atoms with Crippen LogP contribution in [-0.4, -0.2) is 59.8 Å². The Morgan fingerprint density at radius 1 is 1.23 bits per heavy atom. The van der Waals surface area contributed by atoms with Crippen LogP contribution in [0.25, 0.3) is 15.7 Å². The van der Waals surface area contributed by atoms with Gasteiger partial charge in [0, 0.05) is 50.5 Å². The molecule has 0 bridgehead atoms. The van der Waals surface area contributed by atoms with Crippen molar-refractivity contribution < 1.29 is 13.2 Å². The number of hydrogen-bond acceptors (Lipinski definition) is 6. The molecule has 1 saturated heterocycles. The minimum Gasteiger partial charge on any atom is -0.381 e. The molecule has 0 aliphatic carbocycles. The maximum atomic E-state index is 13.0. The minimum atomic E-state index is -3.66. The molecule has 4 rings (SSSR count). The maximum Gasteiger partial charge on any atom is 0.261 e. The van der Waals surface area contributed by atoms with E-state index in [1.807, 2.05) is 20.8 Å². The zero-order chi connectivity index (χ0) is 25.4. The van der Waals surface area contributed by atoms with Crippen LogP contribution in [0.1, 0.15) is 33.6 Å². The third-order valence-electron chi connectivity index (χ3n) is 6.57. The van der Waals surface area contributed by atoms with E-state index in [0.29, 0.717) is 48.5 Å². The summed E-state index contributed by atoms with van der Waals surface area (Å²) in [6.07, 6.45) is 2.81. The number of aromatic nitrogens is 3. The lowest BCUT2D eigenvalue weighted by Crippen LogP contribution is -2.42. The number of sulfonamides is 1. The first-order chi connectivity index (χ1) is 16.5. The van der Waals surface area contributed by atoms with Crippen LogP contribution in [0.3, 0.4) is 0 Å². The Bertz CT molecular complexity index is 1420. The zero-order valence-electron chi connectivity index (χ0n) is 20.3. The molecular formula is C24H30N6O4S. The Balaban J connectivity index is 1.73. The maximum absolute atomic E-state index is 13.0. The first kappa shape index (κ1) is 24.9. The highest BCUT2D eigenvalue weighted by atomic mass is 32.2. The number of nitrogens with zero attached hydrogens (tertiary/aromatic N) is 4. The molecule has 0 spiro atoms. The molecule has 1 aliphatic heterocycles. The molecule has 186 valence electrons. The van der Waals surface area contributed by atoms with Crippen LogP contribution in [0, 0.1) is 6.57 Å². The summed E-state index contributed by atoms with van der Waals surface area (Å²) in [7, 11) is -2.10. The summed E-state index contributed by atoms with van der Waals surface area (Å²) in [6.45, 7) is 14.3. The van der Waals surface area contributed by atoms with Crippen LogP contribution in [0.15, 0.2) is 46.2 Å². The van der Waals surface area contributed by atoms with Crippen molar-refractivity contribution in [3.8, 4) is 0 Å². The Kier molecular flexibility index (Phi) is 6.48. The number of ether oxygens (including phenoxy) is 1. The molecule has 0 unspecified atom stereocenters. The fourth-order valence-electron chi connectivity index (χ4n) is 4.23. The van der Waals surface area contributed by atoms with Crippen molar-refractivity contribution in [2.24, 2.45) is 0 Å². The summed E-state index contributed by atoms with van der Waals surface area (Å²) in [5, 5.41) is 8.31. The molecule has 1 fully saturated rings. The summed E-state index contributed by atoms with van der Waals surface area (Å²) in [5.74, 6) is 0.347. The van der Waals surface area contributed by atoms with E-state index in [2.05, 4.69) is 15.1 Å². The standard InChI is InChI=1S/C24H30N6O4S/c1-23(2,3)29(5)35(32,33)18-8-6-17(7-9-18)27-21-20-19(10-13-26-22(20)31)30(28-21)24(16-25-4)11-14-34-15-12-24/h6-10,13H,11-12,14-16H2,1-3,5H3,(H,26,31)(H,27,28). The van der Waals surface area contributed by atoms with Gasteiger partial charge in [-0.05, 0) is 51.1 Å². The van der Waals surface area contributed by atoms with Crippen molar-refractivity contribution in [1.82, 2.24) is 19.1 Å². The summed E-state index contributed by atoms with van der Waals surface area (Å²) in [6, 6.07) is 8.14. The van der Waals surface area contributed by atoms with Crippen LogP contribution >= 0.6 is 0 Å². The number of aromatic amines is 1. The number of rotatable bonds is 6. The molecule has 0 amide bonds. The van der Waals surface area contributed by atoms with Crippen molar-refractivity contribution in [2.45, 2.75) is 49.6 Å². The lowest BCUT2D eigenvalue weighted by Gasteiger charge is -2.33. The quantitative estimate of drug-likeness (QED) is 0.504. The predicted molar refractivity (Wildman–Crippen MR) is 134 cm³/mol. The average molecular weight is 499 g/mol. The third-order valence-corrected chi connectivity index (χ3v) is 8.71. The van der Waals surface area contributed by atoms with E-state index in [9.17, 15) is 13.2 Å². The second-order valence-corrected chi connectivity index (χ2v) is 11.7. The highest BCUT2D eigenvalue weighted by molar-refractivity contribution is 7.89. The SMILES string of the molecule is [C-]#[N+]CC1(n2nc(Nc3ccc(S(=O)(=O)N(C)C(C)(C)C)cc3)c3c(=O)[nH]ccc32)CCOCC1. The lowest BCUT2D eigenvalue weighted by atomic mass is 9.90. The second kappa shape index (κ2) is 9.11. The number of H-pyrrole nitrogens is 1. The van der Waals surface area contributed by atoms with Gasteiger partial charge in [0.25, 0.3) is 5.56 Å². The lowest BCUT2D eigenvalue weighted by molar-refractivity contribution is 0.0249. The van der Waals surface area contributed by atoms with Gasteiger partial charge in [-0.3, -0.25) is 4.79 Å². The largest absolute Gasteiger partial charge is 0.381 e. The van der Waals surface area contributed by atoms with Crippen molar-refractivity contribution in [1.29, 1.82) is 0 Å². The average Bonchev–Trinajstić information content (AvgIpc) is 3.19. The van der Waals surface area contributed by atoms with E-state index in [0.717, 1.165) is 0 Å². The first-order valence-corrected chi connectivity index (χ1v) is 12.8. The van der Waals surface area contributed by atoms with E-state index in [4.69, 9.17) is 16.4 Å². The zero-order valence-corrected chi connectivity index (χ0v) is 21.1. The summed E-state index contributed by atoms with van der Waals surface area (Å²) >= 11 is 0. The molecule has 35 heavy (non-hydrogen) atoms. The van der Waals surface area contributed by atoms with Gasteiger partial charge in [0.15, 0.2) is 5.82 Å². The topological polar surface area (TPSA) is 114 Å². The first-order valence-electron chi connectivity index (χ1n) is 11.4. The predicted octanol–water partition coefficient (Wildman–Crippen LogP) is 3.31. The van der Waals surface area contributed by atoms with Gasteiger partial charge < -0.3 is 19.9 Å². The molecule has 3 heterocycles. The molecule has 1 aliphatic rings. The normalized spacial score (nSPS) is 16.3. The van der Waals surface area contributed by atoms with Crippen molar-refractivity contribution >= 4 is 32.4 Å². The van der Waals surface area contributed by atoms with Gasteiger partial charge in [-0.25, -0.2) is 19.7 Å². The summed E-state index contributed by atoms with van der Waals surface area (Å²) in [4.78, 5) is 19.3. The molecule has 2 N–H and O–H groups in total. The summed E-state index contributed by atoms with van der Waals surface area (Å²) < 4.78 is 34.6. The second-order valence-electron chi connectivity index (χ2n) is 9.77. The number of hydrogen-bond donors (Lipinski definition) is 2. The summed E-state index contributed by atoms with van der Waals surface area (Å²) in [5.41, 5.74) is -0.210. The van der Waals surface area contributed by atoms with E-state index < -0.39 is 21.1 Å². The van der Waals surface area contributed by atoms with Crippen LogP contribution in [-0.2, 0) is 20.3 Å². The Hall–Kier alpha value is -3.20. The molecule has 10 nitrogen and oxygen atoms in total. The van der Waals surface area contributed by atoms with Gasteiger partial charge in [0.05, 0.1) is 10.4 Å². The van der Waals surface area contributed by atoms with Gasteiger partial charge in [0.2, 0.25) is 16.6 Å². The molecule has 11 heteroatoms. The molecule has 1 aromatic carbocycles. The Labute approximate surface area is 204 Å². The fourth-order valence-corrected chi connectivity index (χ4v) is 5.74. The van der Waals surface area contributed by atoms with Crippen LogP contribution in [0.2, 0.25) is 0 Å². The number of fused-ring (bicyclic) bond motifs is 1. The van der Waals surface area contributed by atoms with Crippen LogP contribution in [0.4, 0.5) is 11.5 Å². The van der Waals surface area contributed by atoms with E-state index in [1.165, 1.54) is 16.4 Å². The fraction of sp³-hybridized carbons (Fsp3) is 0.458. The van der Waals surface area contributed by atoms with E-state index >= 15 is 0 Å². The van der Waals surface area contributed by atoms with Crippen LogP contribution in [0.5, 0.6) is 0 Å². The van der Waals surface area contributed by atoms with Gasteiger partial charge in [0.1, 0.15) is 10.9 Å². The van der Waals surface area contributed by atoms with Gasteiger partial charge in [-0.15, -0.1) is 0 Å². The molecule has 0 atom stereocenters. The molecular weight excluding hydrogens is 468 g/mol. The van der Waals surface area contributed by atoms with Crippen molar-refractivity contribution in [3.63, 3.8) is 0 Å². The third kappa shape index (κ3) is 4.57. The highest BCUT2D eigenvalue weighted by Crippen LogP contribution is 2.35. The molecule has 0 radical (unpaired) electrons. The van der Waals surface area contributed by atoms with Crippen LogP contribution < -0.4 is 10.9 Å². The molecule has 0 saturated carbocycles. The number of nitrogens with one attached hydrogen (secondary N) is 2.